The van der Waals surface area contributed by atoms with Crippen LogP contribution in [0.3, 0.4) is 0 Å². The molecule has 6 nitrogen and oxygen atoms in total. The number of amides is 2. The topological polar surface area (TPSA) is 95.7 Å². The zero-order chi connectivity index (χ0) is 14.5. The van der Waals surface area contributed by atoms with E-state index in [0.717, 1.165) is 45.2 Å². The highest BCUT2D eigenvalue weighted by molar-refractivity contribution is 5.74. The summed E-state index contributed by atoms with van der Waals surface area (Å²) in [5, 5.41) is 11.9. The van der Waals surface area contributed by atoms with Crippen LogP contribution in [0.1, 0.15) is 32.1 Å². The van der Waals surface area contributed by atoms with Crippen molar-refractivity contribution in [2.24, 2.45) is 23.5 Å². The molecule has 0 aromatic rings. The van der Waals surface area contributed by atoms with Gasteiger partial charge in [-0.1, -0.05) is 0 Å². The Morgan fingerprint density at radius 1 is 1.15 bits per heavy atom. The predicted molar refractivity (Wildman–Crippen MR) is 75.2 cm³/mol. The molecule has 2 fully saturated rings. The summed E-state index contributed by atoms with van der Waals surface area (Å²) in [4.78, 5) is 24.7. The average molecular weight is 283 g/mol. The van der Waals surface area contributed by atoms with Gasteiger partial charge in [0.25, 0.3) is 0 Å². The normalized spacial score (nSPS) is 30.2. The van der Waals surface area contributed by atoms with Gasteiger partial charge in [-0.05, 0) is 50.5 Å². The number of nitrogens with two attached hydrogens (primary N) is 1. The minimum absolute atomic E-state index is 0.00121. The van der Waals surface area contributed by atoms with E-state index in [1.54, 1.807) is 0 Å². The summed E-state index contributed by atoms with van der Waals surface area (Å²) in [5.74, 6) is -0.0163. The molecule has 114 valence electrons. The van der Waals surface area contributed by atoms with Gasteiger partial charge in [-0.25, -0.2) is 4.79 Å². The SMILES string of the molecule is NCC1CCN(C(=O)NCC2CCC(C(=O)O)CC2)C1. The van der Waals surface area contributed by atoms with Gasteiger partial charge in [0, 0.05) is 19.6 Å². The Labute approximate surface area is 119 Å². The van der Waals surface area contributed by atoms with E-state index in [-0.39, 0.29) is 11.9 Å². The second kappa shape index (κ2) is 6.92. The largest absolute Gasteiger partial charge is 0.481 e. The second-order valence-corrected chi connectivity index (χ2v) is 6.08. The van der Waals surface area contributed by atoms with Crippen molar-refractivity contribution in [2.75, 3.05) is 26.2 Å². The lowest BCUT2D eigenvalue weighted by molar-refractivity contribution is -0.143. The van der Waals surface area contributed by atoms with Gasteiger partial charge in [-0.2, -0.15) is 0 Å². The van der Waals surface area contributed by atoms with Gasteiger partial charge in [0.2, 0.25) is 0 Å². The number of rotatable bonds is 4. The molecule has 1 saturated carbocycles. The standard InChI is InChI=1S/C14H25N3O3/c15-7-11-5-6-17(9-11)14(20)16-8-10-1-3-12(4-2-10)13(18)19/h10-12H,1-9,15H2,(H,16,20)(H,18,19). The van der Waals surface area contributed by atoms with Crippen LogP contribution >= 0.6 is 0 Å². The summed E-state index contributed by atoms with van der Waals surface area (Å²) in [6.45, 7) is 2.85. The van der Waals surface area contributed by atoms with Crippen LogP contribution in [-0.2, 0) is 4.79 Å². The molecule has 1 aliphatic heterocycles. The first-order valence-corrected chi connectivity index (χ1v) is 7.55. The Morgan fingerprint density at radius 2 is 1.85 bits per heavy atom. The fourth-order valence-corrected chi connectivity index (χ4v) is 3.17. The van der Waals surface area contributed by atoms with Crippen LogP contribution in [0.5, 0.6) is 0 Å². The highest BCUT2D eigenvalue weighted by atomic mass is 16.4. The summed E-state index contributed by atoms with van der Waals surface area (Å²) in [7, 11) is 0. The molecule has 2 rings (SSSR count). The van der Waals surface area contributed by atoms with E-state index in [1.165, 1.54) is 0 Å². The number of carboxylic acid groups (broad SMARTS) is 1. The molecule has 1 saturated heterocycles. The minimum Gasteiger partial charge on any atom is -0.481 e. The van der Waals surface area contributed by atoms with Crippen LogP contribution < -0.4 is 11.1 Å². The lowest BCUT2D eigenvalue weighted by Crippen LogP contribution is -2.41. The maximum absolute atomic E-state index is 12.0. The van der Waals surface area contributed by atoms with Gasteiger partial charge in [0.1, 0.15) is 0 Å². The molecule has 4 N–H and O–H groups in total. The molecule has 1 atom stereocenters. The number of aliphatic carboxylic acids is 1. The molecule has 2 aliphatic rings. The fourth-order valence-electron chi connectivity index (χ4n) is 3.17. The molecule has 1 unspecified atom stereocenters. The highest BCUT2D eigenvalue weighted by Gasteiger charge is 2.28. The van der Waals surface area contributed by atoms with E-state index in [2.05, 4.69) is 5.32 Å². The maximum Gasteiger partial charge on any atom is 0.317 e. The van der Waals surface area contributed by atoms with E-state index >= 15 is 0 Å². The summed E-state index contributed by atoms with van der Waals surface area (Å²) in [6.07, 6.45) is 4.24. The van der Waals surface area contributed by atoms with Crippen LogP contribution in [0.15, 0.2) is 0 Å². The third kappa shape index (κ3) is 3.85. The maximum atomic E-state index is 12.0. The van der Waals surface area contributed by atoms with Crippen molar-refractivity contribution in [1.29, 1.82) is 0 Å². The second-order valence-electron chi connectivity index (χ2n) is 6.08. The number of urea groups is 1. The lowest BCUT2D eigenvalue weighted by Gasteiger charge is -2.27. The third-order valence-corrected chi connectivity index (χ3v) is 4.64. The molecule has 0 spiro atoms. The van der Waals surface area contributed by atoms with Crippen LogP contribution in [0.4, 0.5) is 4.79 Å². The van der Waals surface area contributed by atoms with Crippen molar-refractivity contribution < 1.29 is 14.7 Å². The van der Waals surface area contributed by atoms with E-state index < -0.39 is 5.97 Å². The van der Waals surface area contributed by atoms with E-state index in [1.807, 2.05) is 4.90 Å². The van der Waals surface area contributed by atoms with Crippen LogP contribution in [0.25, 0.3) is 0 Å². The molecule has 0 aromatic carbocycles. The molecule has 1 heterocycles. The Balaban J connectivity index is 1.66. The summed E-state index contributed by atoms with van der Waals surface area (Å²) in [6, 6.07) is 0.00121. The summed E-state index contributed by atoms with van der Waals surface area (Å²) in [5.41, 5.74) is 5.62. The third-order valence-electron chi connectivity index (χ3n) is 4.64. The van der Waals surface area contributed by atoms with Gasteiger partial charge in [-0.3, -0.25) is 4.79 Å². The highest BCUT2D eigenvalue weighted by Crippen LogP contribution is 2.28. The number of nitrogens with zero attached hydrogens (tertiary/aromatic N) is 1. The molecule has 6 heteroatoms. The van der Waals surface area contributed by atoms with Crippen LogP contribution in [0, 0.1) is 17.8 Å². The number of hydrogen-bond acceptors (Lipinski definition) is 3. The Bertz CT molecular complexity index is 354. The average Bonchev–Trinajstić information content (AvgIpc) is 2.94. The van der Waals surface area contributed by atoms with Gasteiger partial charge in [-0.15, -0.1) is 0 Å². The predicted octanol–water partition coefficient (Wildman–Crippen LogP) is 0.868. The molecule has 0 aromatic heterocycles. The molecule has 2 amide bonds. The first kappa shape index (κ1) is 15.1. The van der Waals surface area contributed by atoms with Gasteiger partial charge in [0.05, 0.1) is 5.92 Å². The molecule has 1 aliphatic carbocycles. The van der Waals surface area contributed by atoms with Crippen molar-refractivity contribution in [3.63, 3.8) is 0 Å². The number of hydrogen-bond donors (Lipinski definition) is 3. The quantitative estimate of drug-likeness (QED) is 0.713. The van der Waals surface area contributed by atoms with Crippen molar-refractivity contribution in [1.82, 2.24) is 10.2 Å². The zero-order valence-corrected chi connectivity index (χ0v) is 11.9. The monoisotopic (exact) mass is 283 g/mol. The number of carboxylic acids is 1. The molecule has 0 bridgehead atoms. The summed E-state index contributed by atoms with van der Waals surface area (Å²) < 4.78 is 0. The number of carbonyl (C=O) groups is 2. The first-order chi connectivity index (χ1) is 9.60. The lowest BCUT2D eigenvalue weighted by atomic mass is 9.82. The van der Waals surface area contributed by atoms with E-state index in [0.29, 0.717) is 24.9 Å². The van der Waals surface area contributed by atoms with Crippen molar-refractivity contribution >= 4 is 12.0 Å². The molecule has 20 heavy (non-hydrogen) atoms. The number of nitrogens with one attached hydrogen (secondary N) is 1. The van der Waals surface area contributed by atoms with Gasteiger partial charge >= 0.3 is 12.0 Å². The Morgan fingerprint density at radius 3 is 2.40 bits per heavy atom. The van der Waals surface area contributed by atoms with E-state index in [4.69, 9.17) is 10.8 Å². The zero-order valence-electron chi connectivity index (χ0n) is 11.9. The minimum atomic E-state index is -0.683. The summed E-state index contributed by atoms with van der Waals surface area (Å²) >= 11 is 0. The molecular formula is C14H25N3O3. The van der Waals surface area contributed by atoms with Crippen molar-refractivity contribution in [2.45, 2.75) is 32.1 Å². The van der Waals surface area contributed by atoms with Gasteiger partial charge in [0.15, 0.2) is 0 Å². The molecule has 0 radical (unpaired) electrons. The number of carbonyl (C=O) groups excluding carboxylic acids is 1. The Kier molecular flexibility index (Phi) is 5.23. The van der Waals surface area contributed by atoms with Crippen molar-refractivity contribution in [3.05, 3.63) is 0 Å². The number of likely N-dealkylation sites (tertiary alicyclic amines) is 1. The Hall–Kier alpha value is -1.30. The van der Waals surface area contributed by atoms with Crippen LogP contribution in [-0.4, -0.2) is 48.2 Å². The first-order valence-electron chi connectivity index (χ1n) is 7.55. The van der Waals surface area contributed by atoms with Gasteiger partial charge < -0.3 is 21.1 Å². The van der Waals surface area contributed by atoms with Crippen molar-refractivity contribution in [3.8, 4) is 0 Å². The van der Waals surface area contributed by atoms with E-state index in [9.17, 15) is 9.59 Å². The fraction of sp³-hybridized carbons (Fsp3) is 0.857. The smallest absolute Gasteiger partial charge is 0.317 e. The van der Waals surface area contributed by atoms with Crippen LogP contribution in [0.2, 0.25) is 0 Å². The molecular weight excluding hydrogens is 258 g/mol.